The third kappa shape index (κ3) is 5.49. The molecule has 0 saturated heterocycles. The van der Waals surface area contributed by atoms with Gasteiger partial charge >= 0.3 is 5.97 Å². The molecule has 0 aliphatic carbocycles. The minimum atomic E-state index is -2.25. The Morgan fingerprint density at radius 2 is 1.30 bits per heavy atom. The van der Waals surface area contributed by atoms with Crippen molar-refractivity contribution in [2.75, 3.05) is 17.5 Å². The molecule has 0 amide bonds. The van der Waals surface area contributed by atoms with Gasteiger partial charge in [-0.3, -0.25) is 4.55 Å². The highest BCUT2D eigenvalue weighted by atomic mass is 32.2. The first-order chi connectivity index (χ1) is 16.0. The summed E-state index contributed by atoms with van der Waals surface area (Å²) in [5.74, 6) is 0.152. The van der Waals surface area contributed by atoms with Crippen LogP contribution in [0, 0.1) is 0 Å². The molecule has 7 nitrogen and oxygen atoms in total. The van der Waals surface area contributed by atoms with Crippen molar-refractivity contribution in [1.29, 1.82) is 0 Å². The van der Waals surface area contributed by atoms with Gasteiger partial charge in [0.05, 0.1) is 16.9 Å². The molecule has 0 aliphatic heterocycles. The number of carboxylic acid groups (broad SMARTS) is 1. The van der Waals surface area contributed by atoms with Crippen LogP contribution in [0.2, 0.25) is 0 Å². The Morgan fingerprint density at radius 1 is 0.758 bits per heavy atom. The fourth-order valence-corrected chi connectivity index (χ4v) is 3.92. The summed E-state index contributed by atoms with van der Waals surface area (Å²) in [7, 11) is 0. The lowest BCUT2D eigenvalue weighted by Gasteiger charge is -2.21. The van der Waals surface area contributed by atoms with Crippen molar-refractivity contribution < 1.29 is 28.1 Å². The smallest absolute Gasteiger partial charge is 0.335 e. The van der Waals surface area contributed by atoms with Gasteiger partial charge in [-0.2, -0.15) is 0 Å². The van der Waals surface area contributed by atoms with Gasteiger partial charge < -0.3 is 14.6 Å². The Morgan fingerprint density at radius 3 is 1.88 bits per heavy atom. The van der Waals surface area contributed by atoms with E-state index >= 15 is 0 Å². The Labute approximate surface area is 193 Å². The van der Waals surface area contributed by atoms with Crippen LogP contribution < -0.4 is 13.8 Å². The zero-order valence-electron chi connectivity index (χ0n) is 17.5. The second kappa shape index (κ2) is 10.2. The average molecular weight is 464 g/mol. The maximum Gasteiger partial charge on any atom is 0.335 e. The summed E-state index contributed by atoms with van der Waals surface area (Å²) in [4.78, 5) is 10.9. The summed E-state index contributed by atoms with van der Waals surface area (Å²) in [6.07, 6.45) is 0. The third-order valence-corrected chi connectivity index (χ3v) is 5.65. The van der Waals surface area contributed by atoms with Crippen molar-refractivity contribution in [3.05, 3.63) is 96.6 Å². The van der Waals surface area contributed by atoms with Crippen molar-refractivity contribution in [3.63, 3.8) is 0 Å². The van der Waals surface area contributed by atoms with Gasteiger partial charge in [-0.1, -0.05) is 30.3 Å². The van der Waals surface area contributed by atoms with Gasteiger partial charge in [-0.05, 0) is 71.4 Å². The van der Waals surface area contributed by atoms with Crippen molar-refractivity contribution in [3.8, 4) is 11.5 Å². The summed E-state index contributed by atoms with van der Waals surface area (Å²) < 4.78 is 34.5. The van der Waals surface area contributed by atoms with Crippen LogP contribution in [0.15, 0.2) is 91.0 Å². The van der Waals surface area contributed by atoms with E-state index < -0.39 is 17.2 Å². The number of rotatable bonds is 9. The highest BCUT2D eigenvalue weighted by molar-refractivity contribution is 7.81. The Balaban J connectivity index is 1.37. The molecule has 0 spiro atoms. The lowest BCUT2D eigenvalue weighted by Crippen LogP contribution is -2.19. The molecule has 8 heteroatoms. The monoisotopic (exact) mass is 463 g/mol. The summed E-state index contributed by atoms with van der Waals surface area (Å²) >= 11 is -2.25. The van der Waals surface area contributed by atoms with E-state index in [0.717, 1.165) is 10.8 Å². The second-order valence-corrected chi connectivity index (χ2v) is 7.90. The number of hydrogen-bond donors (Lipinski definition) is 2. The zero-order valence-corrected chi connectivity index (χ0v) is 18.3. The first-order valence-electron chi connectivity index (χ1n) is 10.1. The fraction of sp³-hybridized carbons (Fsp3) is 0.0800. The molecule has 4 rings (SSSR count). The number of carbonyl (C=O) groups is 1. The summed E-state index contributed by atoms with van der Waals surface area (Å²) in [5.41, 5.74) is 1.35. The van der Waals surface area contributed by atoms with Crippen molar-refractivity contribution in [2.24, 2.45) is 0 Å². The normalized spacial score (nSPS) is 11.7. The Hall–Kier alpha value is -3.88. The Kier molecular flexibility index (Phi) is 6.87. The zero-order chi connectivity index (χ0) is 23.2. The molecular weight excluding hydrogens is 442 g/mol. The molecule has 1 unspecified atom stereocenters. The van der Waals surface area contributed by atoms with E-state index in [2.05, 4.69) is 0 Å². The molecule has 0 bridgehead atoms. The van der Waals surface area contributed by atoms with Gasteiger partial charge in [0.15, 0.2) is 0 Å². The summed E-state index contributed by atoms with van der Waals surface area (Å²) in [6, 6.07) is 26.4. The number of carboxylic acids is 1. The standard InChI is InChI=1S/C25H21NO6S/c27-25(28)19-6-11-23(12-7-19)31-15-16-32-24-13-9-21(10-14-24)26(33(29)30)22-8-5-18-3-1-2-4-20(18)17-22/h1-14,17H,15-16H2,(H,27,28)(H,29,30). The lowest BCUT2D eigenvalue weighted by atomic mass is 10.1. The largest absolute Gasteiger partial charge is 0.490 e. The summed E-state index contributed by atoms with van der Waals surface area (Å²) in [5, 5.41) is 10.9. The average Bonchev–Trinajstić information content (AvgIpc) is 2.83. The number of anilines is 2. The molecule has 4 aromatic carbocycles. The van der Waals surface area contributed by atoms with E-state index in [9.17, 15) is 13.6 Å². The van der Waals surface area contributed by atoms with Crippen LogP contribution in [0.3, 0.4) is 0 Å². The minimum absolute atomic E-state index is 0.195. The first-order valence-corrected chi connectivity index (χ1v) is 11.2. The number of fused-ring (bicyclic) bond motifs is 1. The van der Waals surface area contributed by atoms with Crippen LogP contribution in [-0.4, -0.2) is 33.1 Å². The van der Waals surface area contributed by atoms with E-state index in [0.29, 0.717) is 22.9 Å². The van der Waals surface area contributed by atoms with E-state index in [1.54, 1.807) is 42.5 Å². The fourth-order valence-electron chi connectivity index (χ4n) is 3.32. The molecule has 168 valence electrons. The number of hydrogen-bond acceptors (Lipinski definition) is 4. The molecular formula is C25H21NO6S. The van der Waals surface area contributed by atoms with Crippen LogP contribution in [0.5, 0.6) is 11.5 Å². The van der Waals surface area contributed by atoms with Gasteiger partial charge in [-0.25, -0.2) is 13.3 Å². The Bertz CT molecular complexity index is 1270. The number of ether oxygens (including phenoxy) is 2. The van der Waals surface area contributed by atoms with Crippen LogP contribution in [0.4, 0.5) is 11.4 Å². The lowest BCUT2D eigenvalue weighted by molar-refractivity contribution is 0.0697. The molecule has 0 aliphatic rings. The molecule has 0 fully saturated rings. The molecule has 33 heavy (non-hydrogen) atoms. The van der Waals surface area contributed by atoms with E-state index in [4.69, 9.17) is 14.6 Å². The van der Waals surface area contributed by atoms with Gasteiger partial charge in [0.25, 0.3) is 11.3 Å². The van der Waals surface area contributed by atoms with Crippen molar-refractivity contribution in [1.82, 2.24) is 0 Å². The predicted octanol–water partition coefficient (Wildman–Crippen LogP) is 5.27. The van der Waals surface area contributed by atoms with Gasteiger partial charge in [-0.15, -0.1) is 0 Å². The predicted molar refractivity (Wildman–Crippen MR) is 128 cm³/mol. The van der Waals surface area contributed by atoms with Gasteiger partial charge in [0.1, 0.15) is 24.7 Å². The molecule has 4 aromatic rings. The molecule has 0 aromatic heterocycles. The van der Waals surface area contributed by atoms with E-state index in [1.807, 2.05) is 36.4 Å². The van der Waals surface area contributed by atoms with Gasteiger partial charge in [0.2, 0.25) is 0 Å². The van der Waals surface area contributed by atoms with Crippen LogP contribution in [0.25, 0.3) is 10.8 Å². The topological polar surface area (TPSA) is 96.3 Å². The number of aromatic carboxylic acids is 1. The molecule has 2 N–H and O–H groups in total. The minimum Gasteiger partial charge on any atom is -0.490 e. The maximum atomic E-state index is 12.1. The van der Waals surface area contributed by atoms with Crippen LogP contribution >= 0.6 is 0 Å². The second-order valence-electron chi connectivity index (χ2n) is 7.08. The quantitative estimate of drug-likeness (QED) is 0.259. The SMILES string of the molecule is O=C(O)c1ccc(OCCOc2ccc(N(c3ccc4ccccc4c3)S(=O)O)cc2)cc1. The first kappa shape index (κ1) is 22.3. The van der Waals surface area contributed by atoms with Crippen LogP contribution in [0.1, 0.15) is 10.4 Å². The van der Waals surface area contributed by atoms with Crippen molar-refractivity contribution >= 4 is 39.4 Å². The van der Waals surface area contributed by atoms with Crippen molar-refractivity contribution in [2.45, 2.75) is 0 Å². The van der Waals surface area contributed by atoms with Crippen LogP contribution in [-0.2, 0) is 11.3 Å². The maximum absolute atomic E-state index is 12.1. The molecule has 1 atom stereocenters. The number of benzene rings is 4. The van der Waals surface area contributed by atoms with Gasteiger partial charge in [0, 0.05) is 0 Å². The molecule has 0 saturated carbocycles. The highest BCUT2D eigenvalue weighted by Gasteiger charge is 2.15. The summed E-state index contributed by atoms with van der Waals surface area (Å²) in [6.45, 7) is 0.554. The number of nitrogens with zero attached hydrogens (tertiary/aromatic N) is 1. The van der Waals surface area contributed by atoms with E-state index in [1.165, 1.54) is 16.4 Å². The third-order valence-electron chi connectivity index (χ3n) is 4.92. The van der Waals surface area contributed by atoms with E-state index in [-0.39, 0.29) is 18.8 Å². The highest BCUT2D eigenvalue weighted by Crippen LogP contribution is 2.31. The molecule has 0 heterocycles. The molecule has 0 radical (unpaired) electrons.